The Hall–Kier alpha value is -1.13. The van der Waals surface area contributed by atoms with Crippen LogP contribution in [0.2, 0.25) is 0 Å². The van der Waals surface area contributed by atoms with Crippen molar-refractivity contribution in [2.75, 3.05) is 6.54 Å². The molecule has 1 N–H and O–H groups in total. The van der Waals surface area contributed by atoms with Gasteiger partial charge in [-0.05, 0) is 59.6 Å². The predicted octanol–water partition coefficient (Wildman–Crippen LogP) is 3.75. The van der Waals surface area contributed by atoms with Crippen LogP contribution in [0.3, 0.4) is 0 Å². The highest BCUT2D eigenvalue weighted by atomic mass is 79.9. The maximum Gasteiger partial charge on any atom is 0.0489 e. The fourth-order valence-electron chi connectivity index (χ4n) is 2.17. The van der Waals surface area contributed by atoms with Gasteiger partial charge in [0.2, 0.25) is 0 Å². The van der Waals surface area contributed by atoms with Crippen molar-refractivity contribution in [3.8, 4) is 0 Å². The monoisotopic (exact) mass is 321 g/mol. The maximum absolute atomic E-state index is 4.21. The molecule has 0 saturated heterocycles. The molecule has 0 amide bonds. The lowest BCUT2D eigenvalue weighted by Crippen LogP contribution is -2.22. The van der Waals surface area contributed by atoms with E-state index in [1.54, 1.807) is 0 Å². The zero-order valence-corrected chi connectivity index (χ0v) is 13.0. The van der Waals surface area contributed by atoms with E-state index in [2.05, 4.69) is 69.0 Å². The smallest absolute Gasteiger partial charge is 0.0489 e. The average molecular weight is 322 g/mol. The molecule has 0 aliphatic heterocycles. The van der Waals surface area contributed by atoms with E-state index in [1.807, 2.05) is 12.4 Å². The van der Waals surface area contributed by atoms with Crippen molar-refractivity contribution in [3.63, 3.8) is 0 Å². The summed E-state index contributed by atoms with van der Waals surface area (Å²) in [5, 5.41) is 3.53. The minimum atomic E-state index is 0.370. The first-order valence-corrected chi connectivity index (χ1v) is 7.48. The molecular weight excluding hydrogens is 302 g/mol. The number of hydrogen-bond acceptors (Lipinski definition) is 2. The summed E-state index contributed by atoms with van der Waals surface area (Å²) in [6.07, 6.45) is 7.01. The van der Waals surface area contributed by atoms with Crippen LogP contribution in [0, 0.1) is 0 Å². The summed E-state index contributed by atoms with van der Waals surface area (Å²) in [5.74, 6) is 0. The SMILES string of the molecule is CCCNC(C)c1cccn1Cc1cncc(Br)c1. The Morgan fingerprint density at radius 3 is 3.00 bits per heavy atom. The molecule has 0 aliphatic rings. The minimum absolute atomic E-state index is 0.370. The molecule has 4 heteroatoms. The molecule has 0 saturated carbocycles. The van der Waals surface area contributed by atoms with E-state index < -0.39 is 0 Å². The van der Waals surface area contributed by atoms with Crippen molar-refractivity contribution in [2.45, 2.75) is 32.9 Å². The number of nitrogens with one attached hydrogen (secondary N) is 1. The van der Waals surface area contributed by atoms with Crippen LogP contribution in [0.25, 0.3) is 0 Å². The van der Waals surface area contributed by atoms with Gasteiger partial charge in [-0.15, -0.1) is 0 Å². The molecular formula is C15H20BrN3. The molecule has 0 bridgehead atoms. The summed E-state index contributed by atoms with van der Waals surface area (Å²) < 4.78 is 3.30. The van der Waals surface area contributed by atoms with Crippen molar-refractivity contribution in [1.29, 1.82) is 0 Å². The number of pyridine rings is 1. The Morgan fingerprint density at radius 2 is 2.26 bits per heavy atom. The van der Waals surface area contributed by atoms with Crippen LogP contribution in [0.1, 0.15) is 37.6 Å². The van der Waals surface area contributed by atoms with Gasteiger partial charge < -0.3 is 9.88 Å². The summed E-state index contributed by atoms with van der Waals surface area (Å²) in [4.78, 5) is 4.21. The zero-order chi connectivity index (χ0) is 13.7. The van der Waals surface area contributed by atoms with Crippen LogP contribution in [-0.4, -0.2) is 16.1 Å². The van der Waals surface area contributed by atoms with Crippen molar-refractivity contribution >= 4 is 15.9 Å². The molecule has 3 nitrogen and oxygen atoms in total. The fraction of sp³-hybridized carbons (Fsp3) is 0.400. The lowest BCUT2D eigenvalue weighted by Gasteiger charge is -2.17. The third-order valence-electron chi connectivity index (χ3n) is 3.12. The molecule has 2 aromatic heterocycles. The second-order valence-corrected chi connectivity index (χ2v) is 5.66. The molecule has 0 radical (unpaired) electrons. The summed E-state index contributed by atoms with van der Waals surface area (Å²) in [6.45, 7) is 6.30. The zero-order valence-electron chi connectivity index (χ0n) is 11.4. The van der Waals surface area contributed by atoms with E-state index in [4.69, 9.17) is 0 Å². The lowest BCUT2D eigenvalue weighted by molar-refractivity contribution is 0.534. The standard InChI is InChI=1S/C15H20BrN3/c1-3-6-18-12(2)15-5-4-7-19(15)11-13-8-14(16)10-17-9-13/h4-5,7-10,12,18H,3,6,11H2,1-2H3. The van der Waals surface area contributed by atoms with Crippen LogP contribution in [-0.2, 0) is 6.54 Å². The normalized spacial score (nSPS) is 12.6. The molecule has 2 aromatic rings. The van der Waals surface area contributed by atoms with Crippen molar-refractivity contribution in [2.24, 2.45) is 0 Å². The van der Waals surface area contributed by atoms with E-state index in [0.29, 0.717) is 6.04 Å². The first-order chi connectivity index (χ1) is 9.20. The second kappa shape index (κ2) is 6.87. The van der Waals surface area contributed by atoms with Crippen molar-refractivity contribution in [3.05, 3.63) is 52.5 Å². The van der Waals surface area contributed by atoms with Gasteiger partial charge in [-0.3, -0.25) is 4.98 Å². The highest BCUT2D eigenvalue weighted by Crippen LogP contribution is 2.16. The molecule has 102 valence electrons. The molecule has 0 fully saturated rings. The molecule has 2 heterocycles. The Morgan fingerprint density at radius 1 is 1.42 bits per heavy atom. The van der Waals surface area contributed by atoms with Gasteiger partial charge in [0.15, 0.2) is 0 Å². The van der Waals surface area contributed by atoms with Gasteiger partial charge in [0.25, 0.3) is 0 Å². The minimum Gasteiger partial charge on any atom is -0.346 e. The van der Waals surface area contributed by atoms with Gasteiger partial charge in [-0.2, -0.15) is 0 Å². The molecule has 0 spiro atoms. The van der Waals surface area contributed by atoms with Gasteiger partial charge in [-0.1, -0.05) is 6.92 Å². The molecule has 2 rings (SSSR count). The Balaban J connectivity index is 2.11. The van der Waals surface area contributed by atoms with Crippen LogP contribution in [0.15, 0.2) is 41.3 Å². The number of rotatable bonds is 6. The average Bonchev–Trinajstić information content (AvgIpc) is 2.84. The summed E-state index contributed by atoms with van der Waals surface area (Å²) in [6, 6.07) is 6.76. The van der Waals surface area contributed by atoms with Crippen molar-refractivity contribution < 1.29 is 0 Å². The van der Waals surface area contributed by atoms with Crippen LogP contribution in [0.4, 0.5) is 0 Å². The van der Waals surface area contributed by atoms with Gasteiger partial charge in [-0.25, -0.2) is 0 Å². The number of nitrogens with zero attached hydrogens (tertiary/aromatic N) is 2. The number of aromatic nitrogens is 2. The number of hydrogen-bond donors (Lipinski definition) is 1. The summed E-state index contributed by atoms with van der Waals surface area (Å²) in [5.41, 5.74) is 2.52. The van der Waals surface area contributed by atoms with E-state index >= 15 is 0 Å². The summed E-state index contributed by atoms with van der Waals surface area (Å²) in [7, 11) is 0. The maximum atomic E-state index is 4.21. The molecule has 1 unspecified atom stereocenters. The van der Waals surface area contributed by atoms with Gasteiger partial charge in [0.05, 0.1) is 0 Å². The van der Waals surface area contributed by atoms with Gasteiger partial charge >= 0.3 is 0 Å². The highest BCUT2D eigenvalue weighted by molar-refractivity contribution is 9.10. The van der Waals surface area contributed by atoms with E-state index in [0.717, 1.165) is 24.0 Å². The highest BCUT2D eigenvalue weighted by Gasteiger charge is 2.09. The molecule has 0 aliphatic carbocycles. The van der Waals surface area contributed by atoms with Crippen LogP contribution >= 0.6 is 15.9 Å². The van der Waals surface area contributed by atoms with E-state index in [-0.39, 0.29) is 0 Å². The molecule has 19 heavy (non-hydrogen) atoms. The Bertz CT molecular complexity index is 522. The Labute approximate surface area is 123 Å². The first-order valence-electron chi connectivity index (χ1n) is 6.68. The largest absolute Gasteiger partial charge is 0.346 e. The Kier molecular flexibility index (Phi) is 5.16. The van der Waals surface area contributed by atoms with E-state index in [1.165, 1.54) is 11.3 Å². The second-order valence-electron chi connectivity index (χ2n) is 4.75. The topological polar surface area (TPSA) is 29.9 Å². The van der Waals surface area contributed by atoms with Crippen LogP contribution < -0.4 is 5.32 Å². The predicted molar refractivity (Wildman–Crippen MR) is 82.2 cm³/mol. The molecule has 0 aromatic carbocycles. The lowest BCUT2D eigenvalue weighted by atomic mass is 10.2. The number of halogens is 1. The van der Waals surface area contributed by atoms with Crippen LogP contribution in [0.5, 0.6) is 0 Å². The third kappa shape index (κ3) is 3.91. The molecule has 1 atom stereocenters. The quantitative estimate of drug-likeness (QED) is 0.878. The van der Waals surface area contributed by atoms with Gasteiger partial charge in [0.1, 0.15) is 0 Å². The fourth-order valence-corrected chi connectivity index (χ4v) is 2.58. The third-order valence-corrected chi connectivity index (χ3v) is 3.56. The summed E-state index contributed by atoms with van der Waals surface area (Å²) >= 11 is 3.46. The van der Waals surface area contributed by atoms with Gasteiger partial charge in [0, 0.05) is 41.3 Å². The van der Waals surface area contributed by atoms with E-state index in [9.17, 15) is 0 Å². The first kappa shape index (κ1) is 14.3. The van der Waals surface area contributed by atoms with Crippen molar-refractivity contribution in [1.82, 2.24) is 14.9 Å².